The maximum Gasteiger partial charge on any atom is 0.234 e. The molecule has 36 heavy (non-hydrogen) atoms. The zero-order valence-electron chi connectivity index (χ0n) is 19.1. The highest BCUT2D eigenvalue weighted by Crippen LogP contribution is 2.39. The van der Waals surface area contributed by atoms with Crippen LogP contribution in [-0.4, -0.2) is 46.0 Å². The molecule has 190 valence electrons. The molecule has 0 aromatic heterocycles. The smallest absolute Gasteiger partial charge is 0.234 e. The van der Waals surface area contributed by atoms with E-state index in [0.29, 0.717) is 35.2 Å². The largest absolute Gasteiger partial charge is 0.395 e. The van der Waals surface area contributed by atoms with Crippen molar-refractivity contribution in [3.63, 3.8) is 0 Å². The molecule has 0 radical (unpaired) electrons. The SMILES string of the molecule is CS(=O)(=O)c1ccc(C(CO)C(=O)Nc2cc(Cl)c(-c3ccc(S(=O)(=O)C4CC4)cc3)c(Cl)c2)cc1. The molecule has 1 unspecified atom stereocenters. The molecule has 0 saturated heterocycles. The van der Waals surface area contributed by atoms with Gasteiger partial charge in [-0.05, 0) is 60.4 Å². The van der Waals surface area contributed by atoms with Gasteiger partial charge in [-0.1, -0.05) is 47.5 Å². The van der Waals surface area contributed by atoms with Crippen LogP contribution >= 0.6 is 23.2 Å². The van der Waals surface area contributed by atoms with E-state index in [1.807, 2.05) is 0 Å². The number of halogens is 2. The zero-order chi connectivity index (χ0) is 26.3. The first-order valence-electron chi connectivity index (χ1n) is 11.0. The van der Waals surface area contributed by atoms with E-state index in [-0.39, 0.29) is 25.1 Å². The number of anilines is 1. The number of carbonyl (C=O) groups excluding carboxylic acids is 1. The van der Waals surface area contributed by atoms with E-state index < -0.39 is 38.1 Å². The van der Waals surface area contributed by atoms with Gasteiger partial charge in [0.25, 0.3) is 0 Å². The Bertz CT molecular complexity index is 1490. The number of benzene rings is 3. The number of nitrogens with one attached hydrogen (secondary N) is 1. The van der Waals surface area contributed by atoms with Gasteiger partial charge in [0.15, 0.2) is 19.7 Å². The molecule has 1 atom stereocenters. The van der Waals surface area contributed by atoms with Gasteiger partial charge in [0.1, 0.15) is 0 Å². The highest BCUT2D eigenvalue weighted by Gasteiger charge is 2.36. The molecule has 1 fully saturated rings. The summed E-state index contributed by atoms with van der Waals surface area (Å²) in [5.41, 5.74) is 1.86. The lowest BCUT2D eigenvalue weighted by Crippen LogP contribution is -2.24. The van der Waals surface area contributed by atoms with Gasteiger partial charge in [-0.25, -0.2) is 16.8 Å². The lowest BCUT2D eigenvalue weighted by Gasteiger charge is -2.17. The molecule has 3 aromatic carbocycles. The standard InChI is InChI=1S/C25H23Cl2NO6S2/c1-35(31,32)18-6-2-15(3-7-18)21(14-29)25(30)28-17-12-22(26)24(23(27)13-17)16-4-8-19(9-5-16)36(33,34)20-10-11-20/h2-9,12-13,20-21,29H,10-11,14H2,1H3,(H,28,30). The van der Waals surface area contributed by atoms with Crippen molar-refractivity contribution in [2.75, 3.05) is 18.2 Å². The van der Waals surface area contributed by atoms with Crippen LogP contribution in [-0.2, 0) is 24.5 Å². The first-order valence-corrected chi connectivity index (χ1v) is 15.2. The second kappa shape index (κ2) is 10.1. The Kier molecular flexibility index (Phi) is 7.50. The molecular formula is C25H23Cl2NO6S2. The number of carbonyl (C=O) groups is 1. The van der Waals surface area contributed by atoms with Crippen LogP contribution in [0.3, 0.4) is 0 Å². The fraction of sp³-hybridized carbons (Fsp3) is 0.240. The van der Waals surface area contributed by atoms with Gasteiger partial charge in [-0.2, -0.15) is 0 Å². The summed E-state index contributed by atoms with van der Waals surface area (Å²) in [5.74, 6) is -1.48. The van der Waals surface area contributed by atoms with Crippen LogP contribution in [0.15, 0.2) is 70.5 Å². The number of rotatable bonds is 8. The second-order valence-electron chi connectivity index (χ2n) is 8.65. The Balaban J connectivity index is 1.54. The third-order valence-electron chi connectivity index (χ3n) is 5.95. The quantitative estimate of drug-likeness (QED) is 0.406. The van der Waals surface area contributed by atoms with E-state index in [1.54, 1.807) is 12.1 Å². The van der Waals surface area contributed by atoms with Gasteiger partial charge >= 0.3 is 0 Å². The normalized spacial score (nSPS) is 14.9. The summed E-state index contributed by atoms with van der Waals surface area (Å²) in [6, 6.07) is 15.1. The molecule has 1 amide bonds. The third kappa shape index (κ3) is 5.60. The van der Waals surface area contributed by atoms with E-state index in [4.69, 9.17) is 23.2 Å². The van der Waals surface area contributed by atoms with Crippen molar-refractivity contribution in [1.82, 2.24) is 0 Å². The highest BCUT2D eigenvalue weighted by atomic mass is 35.5. The number of hydrogen-bond donors (Lipinski definition) is 2. The lowest BCUT2D eigenvalue weighted by atomic mass is 9.99. The zero-order valence-corrected chi connectivity index (χ0v) is 22.3. The molecule has 1 saturated carbocycles. The molecule has 1 aliphatic carbocycles. The fourth-order valence-electron chi connectivity index (χ4n) is 3.82. The van der Waals surface area contributed by atoms with Gasteiger partial charge in [-0.15, -0.1) is 0 Å². The van der Waals surface area contributed by atoms with Gasteiger partial charge < -0.3 is 10.4 Å². The maximum absolute atomic E-state index is 12.9. The van der Waals surface area contributed by atoms with Crippen LogP contribution in [0.4, 0.5) is 5.69 Å². The Morgan fingerprint density at radius 2 is 1.47 bits per heavy atom. The van der Waals surface area contributed by atoms with Gasteiger partial charge in [-0.3, -0.25) is 4.79 Å². The summed E-state index contributed by atoms with van der Waals surface area (Å²) >= 11 is 12.9. The molecule has 0 heterocycles. The molecule has 2 N–H and O–H groups in total. The molecule has 0 aliphatic heterocycles. The molecule has 7 nitrogen and oxygen atoms in total. The molecular weight excluding hydrogens is 545 g/mol. The highest BCUT2D eigenvalue weighted by molar-refractivity contribution is 7.92. The van der Waals surface area contributed by atoms with E-state index in [1.165, 1.54) is 48.5 Å². The van der Waals surface area contributed by atoms with Crippen LogP contribution in [0.5, 0.6) is 0 Å². The average Bonchev–Trinajstić information content (AvgIpc) is 3.65. The minimum absolute atomic E-state index is 0.107. The van der Waals surface area contributed by atoms with Gasteiger partial charge in [0.05, 0.1) is 37.6 Å². The molecule has 0 bridgehead atoms. The number of amides is 1. The van der Waals surface area contributed by atoms with Crippen molar-refractivity contribution in [2.45, 2.75) is 33.8 Å². The molecule has 3 aromatic rings. The Morgan fingerprint density at radius 1 is 0.944 bits per heavy atom. The van der Waals surface area contributed by atoms with E-state index >= 15 is 0 Å². The first kappa shape index (κ1) is 26.6. The van der Waals surface area contributed by atoms with Crippen LogP contribution in [0.2, 0.25) is 10.0 Å². The summed E-state index contributed by atoms with van der Waals surface area (Å²) in [5, 5.41) is 12.7. The first-order chi connectivity index (χ1) is 16.9. The second-order valence-corrected chi connectivity index (χ2v) is 13.7. The van der Waals surface area contributed by atoms with Crippen molar-refractivity contribution in [2.24, 2.45) is 0 Å². The average molecular weight is 569 g/mol. The summed E-state index contributed by atoms with van der Waals surface area (Å²) in [6.07, 6.45) is 2.44. The van der Waals surface area contributed by atoms with E-state index in [0.717, 1.165) is 6.26 Å². The minimum atomic E-state index is -3.39. The Labute approximate surface area is 219 Å². The Morgan fingerprint density at radius 3 is 1.94 bits per heavy atom. The minimum Gasteiger partial charge on any atom is -0.395 e. The summed E-state index contributed by atoms with van der Waals surface area (Å²) in [6.45, 7) is -0.500. The van der Waals surface area contributed by atoms with E-state index in [2.05, 4.69) is 5.32 Å². The van der Waals surface area contributed by atoms with Gasteiger partial charge in [0.2, 0.25) is 5.91 Å². The molecule has 11 heteroatoms. The van der Waals surface area contributed by atoms with Crippen LogP contribution in [0.25, 0.3) is 11.1 Å². The fourth-order valence-corrected chi connectivity index (χ4v) is 6.81. The molecule has 1 aliphatic rings. The number of hydrogen-bond acceptors (Lipinski definition) is 6. The summed E-state index contributed by atoms with van der Waals surface area (Å²) < 4.78 is 48.2. The summed E-state index contributed by atoms with van der Waals surface area (Å²) in [7, 11) is -6.70. The van der Waals surface area contributed by atoms with Crippen molar-refractivity contribution < 1.29 is 26.7 Å². The number of aliphatic hydroxyl groups is 1. The number of sulfone groups is 2. The predicted octanol–water partition coefficient (Wildman–Crippen LogP) is 4.71. The maximum atomic E-state index is 12.9. The van der Waals surface area contributed by atoms with Crippen molar-refractivity contribution in [3.8, 4) is 11.1 Å². The van der Waals surface area contributed by atoms with Crippen molar-refractivity contribution >= 4 is 54.5 Å². The molecule has 0 spiro atoms. The van der Waals surface area contributed by atoms with Crippen LogP contribution in [0.1, 0.15) is 24.3 Å². The van der Waals surface area contributed by atoms with Crippen molar-refractivity contribution in [3.05, 3.63) is 76.3 Å². The van der Waals surface area contributed by atoms with Crippen molar-refractivity contribution in [1.29, 1.82) is 0 Å². The monoisotopic (exact) mass is 567 g/mol. The summed E-state index contributed by atoms with van der Waals surface area (Å²) in [4.78, 5) is 13.2. The number of aliphatic hydroxyl groups excluding tert-OH is 1. The van der Waals surface area contributed by atoms with Gasteiger partial charge in [0, 0.05) is 17.5 Å². The topological polar surface area (TPSA) is 118 Å². The third-order valence-corrected chi connectivity index (χ3v) is 9.96. The van der Waals surface area contributed by atoms with E-state index in [9.17, 15) is 26.7 Å². The lowest BCUT2D eigenvalue weighted by molar-refractivity contribution is -0.118. The predicted molar refractivity (Wildman–Crippen MR) is 140 cm³/mol. The Hall–Kier alpha value is -2.43. The van der Waals surface area contributed by atoms with Crippen LogP contribution in [0, 0.1) is 0 Å². The van der Waals surface area contributed by atoms with Crippen LogP contribution < -0.4 is 5.32 Å². The molecule has 4 rings (SSSR count).